The lowest BCUT2D eigenvalue weighted by Gasteiger charge is -2.29. The number of allylic oxidation sites excluding steroid dienone is 7. The molecule has 2 nitrogen and oxygen atoms in total. The molecule has 0 bridgehead atoms. The van der Waals surface area contributed by atoms with Crippen molar-refractivity contribution >= 4 is 0 Å². The Balaban J connectivity index is 2.06. The summed E-state index contributed by atoms with van der Waals surface area (Å²) in [6, 6.07) is 0. The van der Waals surface area contributed by atoms with Crippen molar-refractivity contribution in [2.45, 2.75) is 0 Å². The summed E-state index contributed by atoms with van der Waals surface area (Å²) >= 11 is 0. The van der Waals surface area contributed by atoms with E-state index in [1.807, 2.05) is 36.6 Å². The van der Waals surface area contributed by atoms with Crippen molar-refractivity contribution in [2.75, 3.05) is 0 Å². The average molecular weight is 197 g/mol. The van der Waals surface area contributed by atoms with E-state index in [2.05, 4.69) is 17.2 Å². The van der Waals surface area contributed by atoms with Gasteiger partial charge in [0.25, 0.3) is 0 Å². The van der Waals surface area contributed by atoms with Gasteiger partial charge in [-0.15, -0.1) is 0 Å². The minimum absolute atomic E-state index is 0.0254. The first-order chi connectivity index (χ1) is 7.34. The second-order valence-corrected chi connectivity index (χ2v) is 3.76. The Labute approximate surface area is 88.5 Å². The fraction of sp³-hybridized carbons (Fsp3) is 0.0769. The van der Waals surface area contributed by atoms with Crippen LogP contribution >= 0.6 is 0 Å². The molecule has 0 saturated heterocycles. The highest BCUT2D eigenvalue weighted by Crippen LogP contribution is 2.33. The van der Waals surface area contributed by atoms with Gasteiger partial charge >= 0.3 is 0 Å². The van der Waals surface area contributed by atoms with Gasteiger partial charge in [-0.2, -0.15) is 0 Å². The molecular weight excluding hydrogens is 186 g/mol. The van der Waals surface area contributed by atoms with E-state index in [-0.39, 0.29) is 5.92 Å². The van der Waals surface area contributed by atoms with Crippen LogP contribution in [-0.2, 0) is 0 Å². The van der Waals surface area contributed by atoms with E-state index in [4.69, 9.17) is 0 Å². The fourth-order valence-electron chi connectivity index (χ4n) is 2.00. The van der Waals surface area contributed by atoms with Gasteiger partial charge in [-0.25, -0.2) is 0 Å². The number of aliphatic hydroxyl groups excluding tert-OH is 1. The Morgan fingerprint density at radius 2 is 2.07 bits per heavy atom. The molecule has 2 aliphatic heterocycles. The number of hydrogen-bond acceptors (Lipinski definition) is 2. The van der Waals surface area contributed by atoms with E-state index < -0.39 is 0 Å². The Kier molecular flexibility index (Phi) is 1.68. The minimum atomic E-state index is 0.0254. The molecule has 1 N–H and O–H groups in total. The van der Waals surface area contributed by atoms with Crippen molar-refractivity contribution in [3.63, 3.8) is 0 Å². The summed E-state index contributed by atoms with van der Waals surface area (Å²) in [4.78, 5) is 2.06. The van der Waals surface area contributed by atoms with E-state index in [9.17, 15) is 5.11 Å². The van der Waals surface area contributed by atoms with Gasteiger partial charge in [-0.1, -0.05) is 18.2 Å². The molecule has 0 amide bonds. The van der Waals surface area contributed by atoms with Gasteiger partial charge in [0.1, 0.15) is 5.76 Å². The highest BCUT2D eigenvalue weighted by atomic mass is 16.3. The monoisotopic (exact) mass is 197 g/mol. The van der Waals surface area contributed by atoms with Crippen LogP contribution in [0, 0.1) is 5.92 Å². The molecule has 0 aromatic heterocycles. The molecule has 0 fully saturated rings. The summed E-state index contributed by atoms with van der Waals surface area (Å²) in [6.45, 7) is 0. The molecule has 1 unspecified atom stereocenters. The van der Waals surface area contributed by atoms with Crippen LogP contribution in [0.1, 0.15) is 0 Å². The number of hydrogen-bond donors (Lipinski definition) is 1. The molecule has 3 aliphatic rings. The third-order valence-electron chi connectivity index (χ3n) is 2.78. The number of rotatable bonds is 0. The van der Waals surface area contributed by atoms with Gasteiger partial charge in [-0.05, 0) is 29.9 Å². The maximum Gasteiger partial charge on any atom is 0.104 e. The first-order valence-corrected chi connectivity index (χ1v) is 4.98. The zero-order valence-corrected chi connectivity index (χ0v) is 8.17. The van der Waals surface area contributed by atoms with Gasteiger partial charge in [-0.3, -0.25) is 0 Å². The number of aliphatic hydroxyl groups is 1. The zero-order valence-electron chi connectivity index (χ0n) is 8.17. The molecule has 0 radical (unpaired) electrons. The SMILES string of the molecule is OC1=CC=CC2=CN3C=CC=CC3=CC12. The largest absolute Gasteiger partial charge is 0.511 e. The van der Waals surface area contributed by atoms with E-state index in [0.29, 0.717) is 5.76 Å². The normalized spacial score (nSPS) is 26.5. The molecule has 0 aromatic rings. The Morgan fingerprint density at radius 1 is 1.13 bits per heavy atom. The van der Waals surface area contributed by atoms with Crippen LogP contribution in [0.2, 0.25) is 0 Å². The Morgan fingerprint density at radius 3 is 3.00 bits per heavy atom. The summed E-state index contributed by atoms with van der Waals surface area (Å²) in [6.07, 6.45) is 17.8. The maximum absolute atomic E-state index is 9.76. The van der Waals surface area contributed by atoms with Crippen LogP contribution in [0.15, 0.2) is 72.0 Å². The lowest BCUT2D eigenvalue weighted by Crippen LogP contribution is -2.20. The average Bonchev–Trinajstić information content (AvgIpc) is 2.27. The van der Waals surface area contributed by atoms with Crippen molar-refractivity contribution in [1.82, 2.24) is 4.90 Å². The minimum Gasteiger partial charge on any atom is -0.511 e. The molecule has 3 rings (SSSR count). The number of fused-ring (bicyclic) bond motifs is 2. The van der Waals surface area contributed by atoms with E-state index in [1.54, 1.807) is 6.08 Å². The van der Waals surface area contributed by atoms with E-state index in [1.165, 1.54) is 0 Å². The van der Waals surface area contributed by atoms with Crippen LogP contribution < -0.4 is 0 Å². The van der Waals surface area contributed by atoms with Crippen molar-refractivity contribution in [3.8, 4) is 0 Å². The highest BCUT2D eigenvalue weighted by molar-refractivity contribution is 5.46. The zero-order chi connectivity index (χ0) is 10.3. The predicted octanol–water partition coefficient (Wildman–Crippen LogP) is 2.78. The lowest BCUT2D eigenvalue weighted by atomic mass is 9.89. The third kappa shape index (κ3) is 1.26. The first kappa shape index (κ1) is 8.36. The molecule has 0 spiro atoms. The maximum atomic E-state index is 9.76. The van der Waals surface area contributed by atoms with Crippen LogP contribution in [-0.4, -0.2) is 10.0 Å². The lowest BCUT2D eigenvalue weighted by molar-refractivity contribution is 0.366. The van der Waals surface area contributed by atoms with E-state index >= 15 is 0 Å². The Bertz CT molecular complexity index is 475. The smallest absolute Gasteiger partial charge is 0.104 e. The standard InChI is InChI=1S/C13H11NO/c15-13-6-3-4-10-9-14-7-2-1-5-11(14)8-12(10)13/h1-9,12,15H. The van der Waals surface area contributed by atoms with E-state index in [0.717, 1.165) is 11.3 Å². The molecule has 74 valence electrons. The summed E-state index contributed by atoms with van der Waals surface area (Å²) in [7, 11) is 0. The summed E-state index contributed by atoms with van der Waals surface area (Å²) < 4.78 is 0. The molecule has 2 heterocycles. The molecule has 2 heteroatoms. The topological polar surface area (TPSA) is 23.5 Å². The molecular formula is C13H11NO. The Hall–Kier alpha value is -1.96. The first-order valence-electron chi connectivity index (χ1n) is 4.98. The second-order valence-electron chi connectivity index (χ2n) is 3.76. The van der Waals surface area contributed by atoms with Crippen LogP contribution in [0.3, 0.4) is 0 Å². The summed E-state index contributed by atoms with van der Waals surface area (Å²) in [5.74, 6) is 0.441. The van der Waals surface area contributed by atoms with Gasteiger partial charge in [0.15, 0.2) is 0 Å². The predicted molar refractivity (Wildman–Crippen MR) is 59.6 cm³/mol. The fourth-order valence-corrected chi connectivity index (χ4v) is 2.00. The quantitative estimate of drug-likeness (QED) is 0.645. The van der Waals surface area contributed by atoms with Gasteiger partial charge < -0.3 is 10.0 Å². The highest BCUT2D eigenvalue weighted by Gasteiger charge is 2.23. The summed E-state index contributed by atoms with van der Waals surface area (Å²) in [5, 5.41) is 9.76. The number of nitrogens with zero attached hydrogens (tertiary/aromatic N) is 1. The van der Waals surface area contributed by atoms with Crippen molar-refractivity contribution in [2.24, 2.45) is 5.92 Å². The van der Waals surface area contributed by atoms with Gasteiger partial charge in [0.2, 0.25) is 0 Å². The van der Waals surface area contributed by atoms with Crippen molar-refractivity contribution < 1.29 is 5.11 Å². The van der Waals surface area contributed by atoms with Crippen molar-refractivity contribution in [1.29, 1.82) is 0 Å². The van der Waals surface area contributed by atoms with Crippen LogP contribution in [0.4, 0.5) is 0 Å². The summed E-state index contributed by atoms with van der Waals surface area (Å²) in [5.41, 5.74) is 2.24. The van der Waals surface area contributed by atoms with Crippen LogP contribution in [0.5, 0.6) is 0 Å². The molecule has 0 aromatic carbocycles. The van der Waals surface area contributed by atoms with Crippen LogP contribution in [0.25, 0.3) is 0 Å². The third-order valence-corrected chi connectivity index (χ3v) is 2.78. The van der Waals surface area contributed by atoms with Gasteiger partial charge in [0, 0.05) is 18.1 Å². The van der Waals surface area contributed by atoms with Gasteiger partial charge in [0.05, 0.1) is 5.92 Å². The molecule has 0 saturated carbocycles. The molecule has 15 heavy (non-hydrogen) atoms. The van der Waals surface area contributed by atoms with Crippen molar-refractivity contribution in [3.05, 3.63) is 72.0 Å². The molecule has 1 aliphatic carbocycles. The second kappa shape index (κ2) is 3.02. The molecule has 1 atom stereocenters.